The predicted molar refractivity (Wildman–Crippen MR) is 81.0 cm³/mol. The molecular formula is C14H20N4OS. The number of hydrogen-bond donors (Lipinski definition) is 2. The Hall–Kier alpha value is -1.40. The second kappa shape index (κ2) is 5.18. The highest BCUT2D eigenvalue weighted by Gasteiger charge is 2.22. The minimum absolute atomic E-state index is 0.0334. The fourth-order valence-electron chi connectivity index (χ4n) is 2.84. The number of thiophene rings is 1. The van der Waals surface area contributed by atoms with Crippen LogP contribution in [0.5, 0.6) is 0 Å². The van der Waals surface area contributed by atoms with Crippen molar-refractivity contribution in [3.8, 4) is 0 Å². The van der Waals surface area contributed by atoms with Crippen LogP contribution in [0.25, 0.3) is 10.2 Å². The fraction of sp³-hybridized carbons (Fsp3) is 0.571. The predicted octanol–water partition coefficient (Wildman–Crippen LogP) is 1.94. The number of nitrogens with zero attached hydrogens (tertiary/aromatic N) is 2. The van der Waals surface area contributed by atoms with E-state index in [4.69, 9.17) is 5.73 Å². The van der Waals surface area contributed by atoms with Gasteiger partial charge in [-0.05, 0) is 38.7 Å². The monoisotopic (exact) mass is 292 g/mol. The molecule has 0 bridgehead atoms. The van der Waals surface area contributed by atoms with Crippen molar-refractivity contribution in [2.45, 2.75) is 44.7 Å². The molecule has 6 heteroatoms. The number of amides is 1. The second-order valence-electron chi connectivity index (χ2n) is 5.62. The minimum Gasteiger partial charge on any atom is -0.349 e. The minimum atomic E-state index is 0.0334. The van der Waals surface area contributed by atoms with Gasteiger partial charge in [0.25, 0.3) is 5.91 Å². The van der Waals surface area contributed by atoms with Crippen molar-refractivity contribution in [2.24, 2.45) is 12.8 Å². The molecule has 0 atom stereocenters. The molecule has 2 aromatic rings. The number of nitrogens with one attached hydrogen (secondary N) is 1. The number of hydrogen-bond acceptors (Lipinski definition) is 4. The summed E-state index contributed by atoms with van der Waals surface area (Å²) < 4.78 is 1.84. The molecule has 3 N–H and O–H groups in total. The molecule has 0 radical (unpaired) electrons. The molecule has 1 fully saturated rings. The van der Waals surface area contributed by atoms with E-state index in [0.29, 0.717) is 6.04 Å². The first-order chi connectivity index (χ1) is 9.54. The molecular weight excluding hydrogens is 272 g/mol. The van der Waals surface area contributed by atoms with E-state index in [2.05, 4.69) is 10.4 Å². The smallest absolute Gasteiger partial charge is 0.261 e. The van der Waals surface area contributed by atoms with Crippen LogP contribution in [0.4, 0.5) is 0 Å². The second-order valence-corrected chi connectivity index (χ2v) is 6.65. The maximum atomic E-state index is 12.3. The summed E-state index contributed by atoms with van der Waals surface area (Å²) in [5, 5.41) is 8.56. The van der Waals surface area contributed by atoms with Crippen molar-refractivity contribution >= 4 is 27.5 Å². The molecule has 1 saturated carbocycles. The Balaban J connectivity index is 1.74. The zero-order valence-electron chi connectivity index (χ0n) is 11.8. The van der Waals surface area contributed by atoms with Crippen LogP contribution >= 0.6 is 11.3 Å². The summed E-state index contributed by atoms with van der Waals surface area (Å²) in [6.07, 6.45) is 3.97. The van der Waals surface area contributed by atoms with E-state index in [9.17, 15) is 4.79 Å². The van der Waals surface area contributed by atoms with E-state index in [1.165, 1.54) is 11.3 Å². The Kier molecular flexibility index (Phi) is 3.52. The lowest BCUT2D eigenvalue weighted by molar-refractivity contribution is 0.0930. The first-order valence-electron chi connectivity index (χ1n) is 7.04. The third-order valence-corrected chi connectivity index (χ3v) is 5.23. The third-order valence-electron chi connectivity index (χ3n) is 4.03. The van der Waals surface area contributed by atoms with Gasteiger partial charge in [0.15, 0.2) is 0 Å². The molecule has 0 saturated heterocycles. The zero-order chi connectivity index (χ0) is 14.3. The number of carbonyl (C=O) groups is 1. The van der Waals surface area contributed by atoms with Crippen LogP contribution in [-0.4, -0.2) is 27.8 Å². The van der Waals surface area contributed by atoms with Gasteiger partial charge in [0.05, 0.1) is 10.6 Å². The van der Waals surface area contributed by atoms with E-state index < -0.39 is 0 Å². The van der Waals surface area contributed by atoms with Crippen LogP contribution in [0.2, 0.25) is 0 Å². The third kappa shape index (κ3) is 2.45. The van der Waals surface area contributed by atoms with Gasteiger partial charge in [-0.2, -0.15) is 5.10 Å². The molecule has 2 heterocycles. The molecule has 108 valence electrons. The van der Waals surface area contributed by atoms with Crippen LogP contribution in [0.3, 0.4) is 0 Å². The molecule has 0 aromatic carbocycles. The van der Waals surface area contributed by atoms with Gasteiger partial charge in [0.2, 0.25) is 0 Å². The van der Waals surface area contributed by atoms with Gasteiger partial charge in [-0.25, -0.2) is 0 Å². The van der Waals surface area contributed by atoms with Crippen LogP contribution in [-0.2, 0) is 7.05 Å². The van der Waals surface area contributed by atoms with Crippen LogP contribution in [0, 0.1) is 6.92 Å². The fourth-order valence-corrected chi connectivity index (χ4v) is 3.86. The topological polar surface area (TPSA) is 72.9 Å². The average molecular weight is 292 g/mol. The van der Waals surface area contributed by atoms with Crippen molar-refractivity contribution in [2.75, 3.05) is 0 Å². The molecule has 2 aromatic heterocycles. The van der Waals surface area contributed by atoms with Gasteiger partial charge in [-0.15, -0.1) is 11.3 Å². The SMILES string of the molecule is Cc1nn(C)c2sc(C(=O)NC3CCC(N)CC3)cc12. The summed E-state index contributed by atoms with van der Waals surface area (Å²) >= 11 is 1.51. The summed E-state index contributed by atoms with van der Waals surface area (Å²) in [4.78, 5) is 14.1. The number of aryl methyl sites for hydroxylation is 2. The Bertz CT molecular complexity index is 602. The highest BCUT2D eigenvalue weighted by molar-refractivity contribution is 7.20. The standard InChI is InChI=1S/C14H20N4OS/c1-8-11-7-12(20-14(11)18(2)17-8)13(19)16-10-5-3-9(15)4-6-10/h7,9-10H,3-6,15H2,1-2H3,(H,16,19). The van der Waals surface area contributed by atoms with Crippen LogP contribution in [0.1, 0.15) is 41.0 Å². The molecule has 20 heavy (non-hydrogen) atoms. The number of carbonyl (C=O) groups excluding carboxylic acids is 1. The van der Waals surface area contributed by atoms with Gasteiger partial charge in [-0.1, -0.05) is 0 Å². The average Bonchev–Trinajstić information content (AvgIpc) is 2.95. The van der Waals surface area contributed by atoms with Gasteiger partial charge >= 0.3 is 0 Å². The quantitative estimate of drug-likeness (QED) is 0.888. The summed E-state index contributed by atoms with van der Waals surface area (Å²) in [7, 11) is 1.91. The normalized spacial score (nSPS) is 23.1. The summed E-state index contributed by atoms with van der Waals surface area (Å²) in [5.74, 6) is 0.0334. The lowest BCUT2D eigenvalue weighted by atomic mass is 9.92. The molecule has 0 spiro atoms. The Morgan fingerprint density at radius 1 is 1.45 bits per heavy atom. The Labute approximate surface area is 122 Å². The maximum Gasteiger partial charge on any atom is 0.261 e. The zero-order valence-corrected chi connectivity index (χ0v) is 12.7. The van der Waals surface area contributed by atoms with Gasteiger partial charge in [0.1, 0.15) is 4.83 Å². The number of nitrogens with two attached hydrogens (primary N) is 1. The highest BCUT2D eigenvalue weighted by atomic mass is 32.1. The van der Waals surface area contributed by atoms with E-state index in [1.807, 2.05) is 24.7 Å². The molecule has 3 rings (SSSR count). The Morgan fingerprint density at radius 2 is 2.15 bits per heavy atom. The van der Waals surface area contributed by atoms with Crippen molar-refractivity contribution in [3.63, 3.8) is 0 Å². The van der Waals surface area contributed by atoms with E-state index in [1.54, 1.807) is 0 Å². The van der Waals surface area contributed by atoms with Gasteiger partial charge in [-0.3, -0.25) is 9.48 Å². The van der Waals surface area contributed by atoms with Crippen LogP contribution in [0.15, 0.2) is 6.07 Å². The number of fused-ring (bicyclic) bond motifs is 1. The first-order valence-corrected chi connectivity index (χ1v) is 7.86. The maximum absolute atomic E-state index is 12.3. The molecule has 1 amide bonds. The molecule has 1 aliphatic carbocycles. The number of rotatable bonds is 2. The molecule has 0 aliphatic heterocycles. The summed E-state index contributed by atoms with van der Waals surface area (Å²) in [6.45, 7) is 1.97. The lowest BCUT2D eigenvalue weighted by Crippen LogP contribution is -2.40. The summed E-state index contributed by atoms with van der Waals surface area (Å²) in [5.41, 5.74) is 6.86. The highest BCUT2D eigenvalue weighted by Crippen LogP contribution is 2.28. The summed E-state index contributed by atoms with van der Waals surface area (Å²) in [6, 6.07) is 2.53. The molecule has 1 aliphatic rings. The molecule has 0 unspecified atom stereocenters. The lowest BCUT2D eigenvalue weighted by Gasteiger charge is -2.26. The van der Waals surface area contributed by atoms with Crippen molar-refractivity contribution in [3.05, 3.63) is 16.6 Å². The van der Waals surface area contributed by atoms with Crippen molar-refractivity contribution in [1.29, 1.82) is 0 Å². The van der Waals surface area contributed by atoms with Crippen molar-refractivity contribution in [1.82, 2.24) is 15.1 Å². The number of aromatic nitrogens is 2. The van der Waals surface area contributed by atoms with Crippen LogP contribution < -0.4 is 11.1 Å². The van der Waals surface area contributed by atoms with E-state index in [-0.39, 0.29) is 11.9 Å². The Morgan fingerprint density at radius 3 is 2.80 bits per heavy atom. The van der Waals surface area contributed by atoms with Gasteiger partial charge < -0.3 is 11.1 Å². The van der Waals surface area contributed by atoms with E-state index >= 15 is 0 Å². The van der Waals surface area contributed by atoms with E-state index in [0.717, 1.165) is 46.5 Å². The first kappa shape index (κ1) is 13.6. The van der Waals surface area contributed by atoms with Gasteiger partial charge in [0, 0.05) is 24.5 Å². The van der Waals surface area contributed by atoms with Crippen molar-refractivity contribution < 1.29 is 4.79 Å². The largest absolute Gasteiger partial charge is 0.349 e. The molecule has 5 nitrogen and oxygen atoms in total.